The Hall–Kier alpha value is -4.19. The monoisotopic (exact) mass is 395 g/mol. The van der Waals surface area contributed by atoms with E-state index in [1.165, 1.54) is 4.68 Å². The molecule has 6 heteroatoms. The molecule has 0 aliphatic heterocycles. The van der Waals surface area contributed by atoms with Gasteiger partial charge in [0.25, 0.3) is 5.56 Å². The smallest absolute Gasteiger partial charge is 0.282 e. The van der Waals surface area contributed by atoms with Crippen molar-refractivity contribution in [2.75, 3.05) is 0 Å². The van der Waals surface area contributed by atoms with E-state index in [4.69, 9.17) is 8.83 Å². The second-order valence-corrected chi connectivity index (χ2v) is 6.87. The second kappa shape index (κ2) is 7.33. The van der Waals surface area contributed by atoms with Gasteiger partial charge in [0.15, 0.2) is 5.76 Å². The normalized spacial score (nSPS) is 12.4. The molecule has 0 unspecified atom stereocenters. The van der Waals surface area contributed by atoms with Gasteiger partial charge in [0.2, 0.25) is 5.82 Å². The molecule has 146 valence electrons. The Morgan fingerprint density at radius 2 is 1.90 bits per heavy atom. The van der Waals surface area contributed by atoms with Crippen molar-refractivity contribution >= 4 is 34.2 Å². The van der Waals surface area contributed by atoms with Gasteiger partial charge < -0.3 is 8.83 Å². The van der Waals surface area contributed by atoms with Gasteiger partial charge in [0, 0.05) is 5.39 Å². The number of hydrogen-bond donors (Lipinski definition) is 0. The van der Waals surface area contributed by atoms with Gasteiger partial charge in [0.05, 0.1) is 23.4 Å². The third kappa shape index (κ3) is 3.24. The Labute approximate surface area is 171 Å². The Balaban J connectivity index is 1.69. The topological polar surface area (TPSA) is 73.5 Å². The molecule has 5 aromatic rings. The first-order valence-electron chi connectivity index (χ1n) is 9.46. The lowest BCUT2D eigenvalue weighted by molar-refractivity contribution is 0.557. The minimum absolute atomic E-state index is 0.266. The highest BCUT2D eigenvalue weighted by molar-refractivity contribution is 5.86. The molecule has 0 aliphatic carbocycles. The van der Waals surface area contributed by atoms with E-state index in [2.05, 4.69) is 10.1 Å². The average Bonchev–Trinajstić information content (AvgIpc) is 3.42. The standard InChI is InChI=1S/C24H17N3O3/c1-16(13-18-8-6-12-29-18)15-25-27-23(22-14-17-7-2-5-11-21(17)30-22)26-20-10-4-3-9-19(20)24(27)28/h2-15H,1H3/b16-13+,25-15?. The van der Waals surface area contributed by atoms with Gasteiger partial charge in [0.1, 0.15) is 11.3 Å². The lowest BCUT2D eigenvalue weighted by Gasteiger charge is -2.07. The van der Waals surface area contributed by atoms with Gasteiger partial charge >= 0.3 is 0 Å². The minimum atomic E-state index is -0.266. The molecular formula is C24H17N3O3. The van der Waals surface area contributed by atoms with Gasteiger partial charge in [-0.1, -0.05) is 30.3 Å². The molecule has 0 saturated carbocycles. The largest absolute Gasteiger partial charge is 0.465 e. The molecule has 0 amide bonds. The van der Waals surface area contributed by atoms with Crippen LogP contribution in [0.3, 0.4) is 0 Å². The van der Waals surface area contributed by atoms with Gasteiger partial charge in [-0.2, -0.15) is 9.78 Å². The van der Waals surface area contributed by atoms with Crippen LogP contribution in [0.1, 0.15) is 12.7 Å². The number of fused-ring (bicyclic) bond motifs is 2. The van der Waals surface area contributed by atoms with Gasteiger partial charge in [-0.05, 0) is 55.0 Å². The van der Waals surface area contributed by atoms with E-state index in [0.717, 1.165) is 16.5 Å². The first-order valence-corrected chi connectivity index (χ1v) is 9.46. The number of aromatic nitrogens is 2. The summed E-state index contributed by atoms with van der Waals surface area (Å²) in [6.07, 6.45) is 5.05. The number of nitrogens with zero attached hydrogens (tertiary/aromatic N) is 3. The molecule has 0 saturated heterocycles. The van der Waals surface area contributed by atoms with Crippen LogP contribution in [0, 0.1) is 0 Å². The summed E-state index contributed by atoms with van der Waals surface area (Å²) < 4.78 is 12.6. The molecule has 0 fully saturated rings. The molecule has 5 rings (SSSR count). The highest BCUT2D eigenvalue weighted by Gasteiger charge is 2.16. The van der Waals surface area contributed by atoms with Crippen LogP contribution < -0.4 is 5.56 Å². The zero-order valence-electron chi connectivity index (χ0n) is 16.1. The lowest BCUT2D eigenvalue weighted by atomic mass is 10.2. The van der Waals surface area contributed by atoms with Crippen molar-refractivity contribution < 1.29 is 8.83 Å². The van der Waals surface area contributed by atoms with Crippen LogP contribution in [-0.4, -0.2) is 15.9 Å². The van der Waals surface area contributed by atoms with E-state index in [0.29, 0.717) is 28.2 Å². The summed E-state index contributed by atoms with van der Waals surface area (Å²) in [5, 5.41) is 5.85. The summed E-state index contributed by atoms with van der Waals surface area (Å²) in [4.78, 5) is 17.9. The third-order valence-corrected chi connectivity index (χ3v) is 4.69. The third-order valence-electron chi connectivity index (χ3n) is 4.69. The Bertz CT molecular complexity index is 1440. The van der Waals surface area contributed by atoms with E-state index in [1.54, 1.807) is 24.6 Å². The fourth-order valence-electron chi connectivity index (χ4n) is 3.27. The van der Waals surface area contributed by atoms with E-state index in [9.17, 15) is 4.79 Å². The molecular weight excluding hydrogens is 378 g/mol. The van der Waals surface area contributed by atoms with Crippen LogP contribution >= 0.6 is 0 Å². The molecule has 0 radical (unpaired) electrons. The zero-order chi connectivity index (χ0) is 20.5. The average molecular weight is 395 g/mol. The Kier molecular flexibility index (Phi) is 4.37. The lowest BCUT2D eigenvalue weighted by Crippen LogP contribution is -2.20. The summed E-state index contributed by atoms with van der Waals surface area (Å²) >= 11 is 0. The molecule has 0 aliphatic rings. The summed E-state index contributed by atoms with van der Waals surface area (Å²) in [6.45, 7) is 1.88. The van der Waals surface area contributed by atoms with Crippen LogP contribution in [-0.2, 0) is 0 Å². The maximum absolute atomic E-state index is 13.2. The molecule has 3 heterocycles. The van der Waals surface area contributed by atoms with Crippen LogP contribution in [0.4, 0.5) is 0 Å². The quantitative estimate of drug-likeness (QED) is 0.385. The number of para-hydroxylation sites is 2. The predicted molar refractivity (Wildman–Crippen MR) is 117 cm³/mol. The van der Waals surface area contributed by atoms with Crippen molar-refractivity contribution in [1.82, 2.24) is 9.66 Å². The molecule has 0 N–H and O–H groups in total. The number of allylic oxidation sites excluding steroid dienone is 1. The number of benzene rings is 2. The summed E-state index contributed by atoms with van der Waals surface area (Å²) in [7, 11) is 0. The van der Waals surface area contributed by atoms with Crippen molar-refractivity contribution in [2.45, 2.75) is 6.92 Å². The highest BCUT2D eigenvalue weighted by atomic mass is 16.3. The summed E-state index contributed by atoms with van der Waals surface area (Å²) in [5.41, 5.74) is 1.87. The fourth-order valence-corrected chi connectivity index (χ4v) is 3.27. The number of furan rings is 2. The molecule has 3 aromatic heterocycles. The molecule has 30 heavy (non-hydrogen) atoms. The van der Waals surface area contributed by atoms with Gasteiger partial charge in [-0.3, -0.25) is 4.79 Å². The Morgan fingerprint density at radius 1 is 1.07 bits per heavy atom. The molecule has 0 atom stereocenters. The van der Waals surface area contributed by atoms with Crippen molar-refractivity contribution in [3.63, 3.8) is 0 Å². The van der Waals surface area contributed by atoms with Crippen LogP contribution in [0.5, 0.6) is 0 Å². The molecule has 2 aromatic carbocycles. The van der Waals surface area contributed by atoms with Crippen LogP contribution in [0.25, 0.3) is 39.5 Å². The van der Waals surface area contributed by atoms with Gasteiger partial charge in [-0.15, -0.1) is 0 Å². The Morgan fingerprint density at radius 3 is 2.73 bits per heavy atom. The minimum Gasteiger partial charge on any atom is -0.465 e. The number of rotatable bonds is 4. The highest BCUT2D eigenvalue weighted by Crippen LogP contribution is 2.27. The maximum Gasteiger partial charge on any atom is 0.282 e. The zero-order valence-corrected chi connectivity index (χ0v) is 16.1. The molecule has 0 spiro atoms. The maximum atomic E-state index is 13.2. The summed E-state index contributed by atoms with van der Waals surface area (Å²) in [5.74, 6) is 1.53. The fraction of sp³-hybridized carbons (Fsp3) is 0.0417. The van der Waals surface area contributed by atoms with Crippen molar-refractivity contribution in [2.24, 2.45) is 5.10 Å². The number of hydrogen-bond acceptors (Lipinski definition) is 5. The molecule has 0 bridgehead atoms. The predicted octanol–water partition coefficient (Wildman–Crippen LogP) is 5.34. The van der Waals surface area contributed by atoms with Crippen molar-refractivity contribution in [1.29, 1.82) is 0 Å². The van der Waals surface area contributed by atoms with Crippen molar-refractivity contribution in [3.8, 4) is 11.6 Å². The van der Waals surface area contributed by atoms with E-state index in [-0.39, 0.29) is 5.56 Å². The van der Waals surface area contributed by atoms with E-state index < -0.39 is 0 Å². The van der Waals surface area contributed by atoms with E-state index in [1.807, 2.05) is 67.6 Å². The SMILES string of the molecule is C/C(C=Nn1c(-c2cc3ccccc3o2)nc2ccccc2c1=O)=C\c1ccco1. The second-order valence-electron chi connectivity index (χ2n) is 6.87. The van der Waals surface area contributed by atoms with Gasteiger partial charge in [-0.25, -0.2) is 4.98 Å². The van der Waals surface area contributed by atoms with Crippen LogP contribution in [0.2, 0.25) is 0 Å². The molecule has 6 nitrogen and oxygen atoms in total. The van der Waals surface area contributed by atoms with Crippen LogP contribution in [0.15, 0.2) is 97.3 Å². The first-order chi connectivity index (χ1) is 14.7. The van der Waals surface area contributed by atoms with E-state index >= 15 is 0 Å². The van der Waals surface area contributed by atoms with Crippen molar-refractivity contribution in [3.05, 3.63) is 94.7 Å². The summed E-state index contributed by atoms with van der Waals surface area (Å²) in [6, 6.07) is 20.4. The first kappa shape index (κ1) is 17.9.